The predicted octanol–water partition coefficient (Wildman–Crippen LogP) is 8.95. The highest BCUT2D eigenvalue weighted by Crippen LogP contribution is 2.45. The van der Waals surface area contributed by atoms with Gasteiger partial charge in [0.15, 0.2) is 5.78 Å². The lowest BCUT2D eigenvalue weighted by atomic mass is 9.66. The van der Waals surface area contributed by atoms with Crippen LogP contribution in [-0.2, 0) is 6.42 Å². The molecular weight excluding hydrogens is 486 g/mol. The van der Waals surface area contributed by atoms with E-state index in [2.05, 4.69) is 74.0 Å². The van der Waals surface area contributed by atoms with Crippen LogP contribution < -0.4 is 0 Å². The first-order chi connectivity index (χ1) is 19.4. The number of ketones is 1. The van der Waals surface area contributed by atoms with Gasteiger partial charge in [0.25, 0.3) is 0 Å². The van der Waals surface area contributed by atoms with Crippen LogP contribution >= 0.6 is 0 Å². The van der Waals surface area contributed by atoms with Gasteiger partial charge in [-0.2, -0.15) is 0 Å². The van der Waals surface area contributed by atoms with Crippen molar-refractivity contribution in [2.75, 3.05) is 0 Å². The van der Waals surface area contributed by atoms with E-state index < -0.39 is 0 Å². The molecule has 40 heavy (non-hydrogen) atoms. The van der Waals surface area contributed by atoms with E-state index in [-0.39, 0.29) is 17.6 Å². The molecule has 0 bridgehead atoms. The van der Waals surface area contributed by atoms with Crippen LogP contribution in [0.1, 0.15) is 97.3 Å². The molecule has 0 radical (unpaired) electrons. The summed E-state index contributed by atoms with van der Waals surface area (Å²) in [6.07, 6.45) is 20.1. The summed E-state index contributed by atoms with van der Waals surface area (Å²) in [6.45, 7) is 6.96. The van der Waals surface area contributed by atoms with Crippen LogP contribution in [0.4, 0.5) is 0 Å². The smallest absolute Gasteiger partial charge is 0.166 e. The van der Waals surface area contributed by atoms with E-state index in [0.717, 1.165) is 53.2 Å². The van der Waals surface area contributed by atoms with Gasteiger partial charge in [0, 0.05) is 28.8 Å². The Morgan fingerprint density at radius 2 is 1.85 bits per heavy atom. The van der Waals surface area contributed by atoms with Gasteiger partial charge in [-0.25, -0.2) is 0 Å². The zero-order valence-electron chi connectivity index (χ0n) is 24.2. The lowest BCUT2D eigenvalue weighted by Gasteiger charge is -2.36. The molecule has 1 heterocycles. The fourth-order valence-electron chi connectivity index (χ4n) is 7.02. The normalized spacial score (nSPS) is 28.9. The fraction of sp³-hybridized carbons (Fsp3) is 0.421. The molecule has 2 fully saturated rings. The molecule has 0 amide bonds. The topological polar surface area (TPSA) is 29.4 Å². The maximum Gasteiger partial charge on any atom is 0.166 e. The van der Waals surface area contributed by atoms with Crippen molar-refractivity contribution in [2.45, 2.75) is 78.1 Å². The molecule has 0 aromatic heterocycles. The van der Waals surface area contributed by atoms with E-state index in [4.69, 9.17) is 0 Å². The molecule has 0 N–H and O–H groups in total. The molecule has 6 rings (SSSR count). The number of fused-ring (bicyclic) bond motifs is 1. The average Bonchev–Trinajstić information content (AvgIpc) is 3.27. The standard InChI is InChI=1S/C38H41NO/c1-26-7-6-21-38(3,22-20-26)24-28-11-14-29(15-12-28)33-18-19-35(33)37(40)31-13-10-27(2)30(23-31)16-17-32-25-39-36-9-5-4-8-34(32)36/h4-5,8-15,23,25-26,33-35H,6-7,18-22,24H2,1-3H3. The summed E-state index contributed by atoms with van der Waals surface area (Å²) in [7, 11) is 0. The average molecular weight is 528 g/mol. The number of hydrogen-bond acceptors (Lipinski definition) is 2. The van der Waals surface area contributed by atoms with Crippen LogP contribution in [0.3, 0.4) is 0 Å². The third-order valence-corrected chi connectivity index (χ3v) is 9.92. The Kier molecular flexibility index (Phi) is 7.50. The Morgan fingerprint density at radius 1 is 1.00 bits per heavy atom. The second kappa shape index (κ2) is 11.2. The number of carbonyl (C=O) groups is 1. The van der Waals surface area contributed by atoms with Crippen LogP contribution in [-0.4, -0.2) is 11.5 Å². The highest BCUT2D eigenvalue weighted by Gasteiger charge is 2.38. The summed E-state index contributed by atoms with van der Waals surface area (Å²) >= 11 is 0. The molecule has 2 nitrogen and oxygen atoms in total. The van der Waals surface area contributed by atoms with E-state index in [9.17, 15) is 4.79 Å². The van der Waals surface area contributed by atoms with Crippen LogP contribution in [0.5, 0.6) is 0 Å². The summed E-state index contributed by atoms with van der Waals surface area (Å²) in [5, 5.41) is 0. The van der Waals surface area contributed by atoms with Gasteiger partial charge in [0.05, 0.1) is 11.6 Å². The van der Waals surface area contributed by atoms with Crippen LogP contribution in [0.2, 0.25) is 0 Å². The van der Waals surface area contributed by atoms with E-state index in [1.807, 2.05) is 36.6 Å². The predicted molar refractivity (Wildman–Crippen MR) is 166 cm³/mol. The van der Waals surface area contributed by atoms with Gasteiger partial charge in [0.1, 0.15) is 0 Å². The van der Waals surface area contributed by atoms with E-state index in [1.54, 1.807) is 0 Å². The molecule has 5 atom stereocenters. The van der Waals surface area contributed by atoms with Gasteiger partial charge in [-0.1, -0.05) is 99.6 Å². The number of aryl methyl sites for hydroxylation is 1. The number of nitrogens with zero attached hydrogens (tertiary/aromatic N) is 1. The van der Waals surface area contributed by atoms with Gasteiger partial charge in [-0.3, -0.25) is 9.79 Å². The number of allylic oxidation sites excluding steroid dienone is 5. The first-order valence-corrected chi connectivity index (χ1v) is 15.3. The molecule has 4 aliphatic rings. The van der Waals surface area contributed by atoms with Crippen molar-refractivity contribution in [3.63, 3.8) is 0 Å². The Labute approximate surface area is 240 Å². The summed E-state index contributed by atoms with van der Waals surface area (Å²) in [5.41, 5.74) is 8.05. The van der Waals surface area contributed by atoms with Crippen molar-refractivity contribution >= 4 is 11.5 Å². The van der Waals surface area contributed by atoms with Crippen LogP contribution in [0, 0.1) is 41.9 Å². The fourth-order valence-corrected chi connectivity index (χ4v) is 7.02. The third kappa shape index (κ3) is 5.57. The number of rotatable bonds is 5. The Hall–Kier alpha value is -3.44. The molecule has 2 heteroatoms. The monoisotopic (exact) mass is 527 g/mol. The number of Topliss-reactive ketones (excluding diaryl/α,β-unsaturated/α-hetero) is 1. The minimum atomic E-state index is 0.0582. The summed E-state index contributed by atoms with van der Waals surface area (Å²) in [4.78, 5) is 18.2. The van der Waals surface area contributed by atoms with Crippen molar-refractivity contribution in [1.29, 1.82) is 0 Å². The Morgan fingerprint density at radius 3 is 2.65 bits per heavy atom. The molecule has 204 valence electrons. The van der Waals surface area contributed by atoms with Crippen molar-refractivity contribution < 1.29 is 4.79 Å². The molecule has 0 spiro atoms. The van der Waals surface area contributed by atoms with E-state index >= 15 is 0 Å². The third-order valence-electron chi connectivity index (χ3n) is 9.92. The number of carbonyl (C=O) groups excluding carboxylic acids is 1. The molecular formula is C38H41NO. The summed E-state index contributed by atoms with van der Waals surface area (Å²) in [6, 6.07) is 15.3. The lowest BCUT2D eigenvalue weighted by Crippen LogP contribution is -2.31. The van der Waals surface area contributed by atoms with Crippen molar-refractivity contribution in [3.8, 4) is 11.8 Å². The maximum absolute atomic E-state index is 13.7. The van der Waals surface area contributed by atoms with Crippen LogP contribution in [0.15, 0.2) is 83.5 Å². The van der Waals surface area contributed by atoms with Crippen molar-refractivity contribution in [3.05, 3.63) is 106 Å². The van der Waals surface area contributed by atoms with Crippen molar-refractivity contribution in [2.24, 2.45) is 28.2 Å². The molecule has 5 unspecified atom stereocenters. The number of benzene rings is 2. The zero-order valence-corrected chi connectivity index (χ0v) is 24.2. The molecule has 2 aromatic rings. The molecule has 3 aliphatic carbocycles. The molecule has 2 saturated carbocycles. The quantitative estimate of drug-likeness (QED) is 0.217. The summed E-state index contributed by atoms with van der Waals surface area (Å²) < 4.78 is 0. The first kappa shape index (κ1) is 26.8. The Bertz CT molecular complexity index is 1470. The maximum atomic E-state index is 13.7. The van der Waals surface area contributed by atoms with Crippen molar-refractivity contribution in [1.82, 2.24) is 0 Å². The highest BCUT2D eigenvalue weighted by molar-refractivity contribution is 6.04. The van der Waals surface area contributed by atoms with E-state index in [1.165, 1.54) is 43.2 Å². The second-order valence-electron chi connectivity index (χ2n) is 13.1. The molecule has 1 aliphatic heterocycles. The number of hydrogen-bond donors (Lipinski definition) is 0. The van der Waals surface area contributed by atoms with E-state index in [0.29, 0.717) is 11.3 Å². The van der Waals surface area contributed by atoms with Crippen LogP contribution in [0.25, 0.3) is 0 Å². The highest BCUT2D eigenvalue weighted by atomic mass is 16.1. The number of aliphatic imine (C=N–C) groups is 1. The van der Waals surface area contributed by atoms with Gasteiger partial charge in [0.2, 0.25) is 0 Å². The molecule has 2 aromatic carbocycles. The first-order valence-electron chi connectivity index (χ1n) is 15.3. The van der Waals surface area contributed by atoms with Gasteiger partial charge in [-0.15, -0.1) is 0 Å². The zero-order chi connectivity index (χ0) is 27.7. The SMILES string of the molecule is Cc1ccc(C(=O)C2CCC2c2ccc(CC3(C)CCCC(C)CC3)cc2)cc1C#CC1=CN=C2C=CC=CC12. The van der Waals surface area contributed by atoms with Gasteiger partial charge < -0.3 is 0 Å². The second-order valence-corrected chi connectivity index (χ2v) is 13.1. The van der Waals surface area contributed by atoms with Gasteiger partial charge >= 0.3 is 0 Å². The largest absolute Gasteiger partial charge is 0.294 e. The minimum absolute atomic E-state index is 0.0582. The van der Waals surface area contributed by atoms with Gasteiger partial charge in [-0.05, 0) is 85.1 Å². The molecule has 0 saturated heterocycles. The lowest BCUT2D eigenvalue weighted by molar-refractivity contribution is 0.0819. The summed E-state index contributed by atoms with van der Waals surface area (Å²) in [5.74, 6) is 8.35. The minimum Gasteiger partial charge on any atom is -0.294 e. The Balaban J connectivity index is 1.12.